The molecule has 0 amide bonds. The van der Waals surface area contributed by atoms with E-state index in [1.165, 1.54) is 12.1 Å². The first-order chi connectivity index (χ1) is 8.28. The Morgan fingerprint density at radius 3 is 2.72 bits per heavy atom. The molecule has 0 N–H and O–H groups in total. The summed E-state index contributed by atoms with van der Waals surface area (Å²) in [5.74, 6) is -0.413. The summed E-state index contributed by atoms with van der Waals surface area (Å²) in [6, 6.07) is 4.21. The van der Waals surface area contributed by atoms with Gasteiger partial charge in [0.1, 0.15) is 15.1 Å². The number of nitrogens with zero attached hydrogens (tertiary/aromatic N) is 2. The number of benzene rings is 1. The van der Waals surface area contributed by atoms with Crippen molar-refractivity contribution in [2.45, 2.75) is 26.4 Å². The molecule has 0 radical (unpaired) electrons. The van der Waals surface area contributed by atoms with Gasteiger partial charge in [0, 0.05) is 11.5 Å². The summed E-state index contributed by atoms with van der Waals surface area (Å²) in [4.78, 5) is 12.0. The van der Waals surface area contributed by atoms with Crippen molar-refractivity contribution in [3.8, 4) is 0 Å². The number of fused-ring (bicyclic) bond motifs is 1. The van der Waals surface area contributed by atoms with Crippen LogP contribution in [-0.4, -0.2) is 21.5 Å². The first-order valence-electron chi connectivity index (χ1n) is 5.35. The van der Waals surface area contributed by atoms with E-state index in [9.17, 15) is 9.18 Å². The van der Waals surface area contributed by atoms with Gasteiger partial charge >= 0.3 is 6.09 Å². The largest absolute Gasteiger partial charge is 0.442 e. The molecule has 0 unspecified atom stereocenters. The molecule has 0 saturated carbocycles. The second-order valence-corrected chi connectivity index (χ2v) is 5.87. The Balaban J connectivity index is 2.51. The van der Waals surface area contributed by atoms with Crippen molar-refractivity contribution >= 4 is 39.6 Å². The molecule has 4 nitrogen and oxygen atoms in total. The van der Waals surface area contributed by atoms with Crippen molar-refractivity contribution in [1.82, 2.24) is 9.78 Å². The van der Waals surface area contributed by atoms with Gasteiger partial charge in [0.2, 0.25) is 0 Å². The van der Waals surface area contributed by atoms with Crippen LogP contribution in [0.3, 0.4) is 0 Å². The lowest BCUT2D eigenvalue weighted by molar-refractivity contribution is 0.0522. The lowest BCUT2D eigenvalue weighted by Crippen LogP contribution is -2.27. The minimum atomic E-state index is -0.617. The zero-order valence-corrected chi connectivity index (χ0v) is 12.4. The first-order valence-corrected chi connectivity index (χ1v) is 6.43. The van der Waals surface area contributed by atoms with Gasteiger partial charge in [-0.25, -0.2) is 9.18 Å². The Hall–Kier alpha value is -1.18. The maximum Gasteiger partial charge on any atom is 0.435 e. The maximum absolute atomic E-state index is 13.2. The molecule has 0 atom stereocenters. The predicted octanol–water partition coefficient (Wildman–Crippen LogP) is 3.56. The topological polar surface area (TPSA) is 44.1 Å². The van der Waals surface area contributed by atoms with Crippen LogP contribution in [0.2, 0.25) is 0 Å². The lowest BCUT2D eigenvalue weighted by atomic mass is 10.2. The average Bonchev–Trinajstić information content (AvgIpc) is 2.53. The molecule has 1 aromatic heterocycles. The Morgan fingerprint density at radius 1 is 1.44 bits per heavy atom. The number of hydrogen-bond donors (Lipinski definition) is 0. The van der Waals surface area contributed by atoms with Crippen LogP contribution >= 0.6 is 22.6 Å². The fourth-order valence-electron chi connectivity index (χ4n) is 1.49. The number of carbonyl (C=O) groups excluding carboxylic acids is 1. The van der Waals surface area contributed by atoms with E-state index < -0.39 is 17.5 Å². The number of halogens is 2. The van der Waals surface area contributed by atoms with Crippen LogP contribution in [0, 0.1) is 9.52 Å². The molecule has 0 aliphatic heterocycles. The van der Waals surface area contributed by atoms with Gasteiger partial charge in [0.15, 0.2) is 0 Å². The zero-order chi connectivity index (χ0) is 13.5. The van der Waals surface area contributed by atoms with Crippen LogP contribution in [0.15, 0.2) is 18.2 Å². The van der Waals surface area contributed by atoms with Crippen molar-refractivity contribution in [1.29, 1.82) is 0 Å². The first kappa shape index (κ1) is 13.3. The van der Waals surface area contributed by atoms with Crippen LogP contribution < -0.4 is 0 Å². The highest BCUT2D eigenvalue weighted by atomic mass is 127. The highest BCUT2D eigenvalue weighted by Crippen LogP contribution is 2.22. The number of rotatable bonds is 0. The quantitative estimate of drug-likeness (QED) is 0.674. The predicted molar refractivity (Wildman–Crippen MR) is 74.0 cm³/mol. The second-order valence-electron chi connectivity index (χ2n) is 4.84. The van der Waals surface area contributed by atoms with Gasteiger partial charge in [-0.15, -0.1) is 0 Å². The Kier molecular flexibility index (Phi) is 3.31. The van der Waals surface area contributed by atoms with Crippen molar-refractivity contribution < 1.29 is 13.9 Å². The third kappa shape index (κ3) is 2.63. The van der Waals surface area contributed by atoms with Crippen LogP contribution in [-0.2, 0) is 4.74 Å². The molecule has 1 aromatic carbocycles. The smallest absolute Gasteiger partial charge is 0.435 e. The molecule has 0 spiro atoms. The second kappa shape index (κ2) is 4.49. The van der Waals surface area contributed by atoms with Crippen molar-refractivity contribution in [2.75, 3.05) is 0 Å². The Labute approximate surface area is 117 Å². The van der Waals surface area contributed by atoms with E-state index in [0.717, 1.165) is 10.1 Å². The molecule has 18 heavy (non-hydrogen) atoms. The summed E-state index contributed by atoms with van der Waals surface area (Å²) in [7, 11) is 0. The maximum atomic E-state index is 13.2. The number of aromatic nitrogens is 2. The molecule has 0 saturated heterocycles. The van der Waals surface area contributed by atoms with Crippen molar-refractivity contribution in [3.63, 3.8) is 0 Å². The zero-order valence-electron chi connectivity index (χ0n) is 10.2. The minimum absolute atomic E-state index is 0.411. The van der Waals surface area contributed by atoms with Gasteiger partial charge in [-0.3, -0.25) is 0 Å². The molecule has 2 aromatic rings. The highest BCUT2D eigenvalue weighted by molar-refractivity contribution is 14.1. The summed E-state index contributed by atoms with van der Waals surface area (Å²) in [5.41, 5.74) is -0.206. The molecule has 96 valence electrons. The van der Waals surface area contributed by atoms with E-state index in [1.54, 1.807) is 26.8 Å². The van der Waals surface area contributed by atoms with Crippen molar-refractivity contribution in [2.24, 2.45) is 0 Å². The van der Waals surface area contributed by atoms with E-state index in [4.69, 9.17) is 4.74 Å². The average molecular weight is 362 g/mol. The van der Waals surface area contributed by atoms with E-state index >= 15 is 0 Å². The highest BCUT2D eigenvalue weighted by Gasteiger charge is 2.21. The summed E-state index contributed by atoms with van der Waals surface area (Å²) < 4.78 is 20.2. The lowest BCUT2D eigenvalue weighted by Gasteiger charge is -2.19. The van der Waals surface area contributed by atoms with Gasteiger partial charge in [-0.05, 0) is 55.5 Å². The summed E-state index contributed by atoms with van der Waals surface area (Å²) in [5, 5.41) is 4.80. The van der Waals surface area contributed by atoms with E-state index in [1.807, 2.05) is 22.6 Å². The fraction of sp³-hybridized carbons (Fsp3) is 0.333. The molecule has 1 heterocycles. The van der Waals surface area contributed by atoms with Gasteiger partial charge in [-0.2, -0.15) is 9.78 Å². The monoisotopic (exact) mass is 362 g/mol. The van der Waals surface area contributed by atoms with Gasteiger partial charge in [0.05, 0.1) is 5.52 Å². The van der Waals surface area contributed by atoms with E-state index in [0.29, 0.717) is 9.22 Å². The van der Waals surface area contributed by atoms with Gasteiger partial charge in [0.25, 0.3) is 0 Å². The molecule has 6 heteroatoms. The standard InChI is InChI=1S/C12H12FIN2O2/c1-12(2,3)18-11(17)16-9-6-7(13)4-5-8(9)10(14)15-16/h4-6H,1-3H3. The van der Waals surface area contributed by atoms with Crippen LogP contribution in [0.1, 0.15) is 20.8 Å². The van der Waals surface area contributed by atoms with Gasteiger partial charge < -0.3 is 4.74 Å². The van der Waals surface area contributed by atoms with Crippen LogP contribution in [0.5, 0.6) is 0 Å². The summed E-state index contributed by atoms with van der Waals surface area (Å²) in [6.07, 6.45) is -0.610. The minimum Gasteiger partial charge on any atom is -0.442 e. The van der Waals surface area contributed by atoms with Gasteiger partial charge in [-0.1, -0.05) is 0 Å². The van der Waals surface area contributed by atoms with Crippen LogP contribution in [0.4, 0.5) is 9.18 Å². The molecule has 0 bridgehead atoms. The third-order valence-electron chi connectivity index (χ3n) is 2.16. The summed E-state index contributed by atoms with van der Waals surface area (Å²) >= 11 is 2.00. The molecule has 0 aliphatic rings. The molecular weight excluding hydrogens is 350 g/mol. The number of carbonyl (C=O) groups is 1. The van der Waals surface area contributed by atoms with Crippen molar-refractivity contribution in [3.05, 3.63) is 27.7 Å². The molecular formula is C12H12FIN2O2. The number of hydrogen-bond acceptors (Lipinski definition) is 3. The Bertz CT molecular complexity index is 616. The van der Waals surface area contributed by atoms with Crippen LogP contribution in [0.25, 0.3) is 10.9 Å². The SMILES string of the molecule is CC(C)(C)OC(=O)n1nc(I)c2ccc(F)cc21. The van der Waals surface area contributed by atoms with E-state index in [-0.39, 0.29) is 0 Å². The van der Waals surface area contributed by atoms with E-state index in [2.05, 4.69) is 5.10 Å². The third-order valence-corrected chi connectivity index (χ3v) is 2.96. The molecule has 0 aliphatic carbocycles. The number of ether oxygens (including phenoxy) is 1. The molecule has 0 fully saturated rings. The fourth-order valence-corrected chi connectivity index (χ4v) is 2.17. The Morgan fingerprint density at radius 2 is 2.11 bits per heavy atom. The summed E-state index contributed by atoms with van der Waals surface area (Å²) in [6.45, 7) is 5.30. The normalized spacial score (nSPS) is 11.8. The molecule has 2 rings (SSSR count).